The third-order valence-electron chi connectivity index (χ3n) is 4.44. The summed E-state index contributed by atoms with van der Waals surface area (Å²) in [7, 11) is 0. The lowest BCUT2D eigenvalue weighted by atomic mass is 9.98. The number of benzene rings is 1. The van der Waals surface area contributed by atoms with Crippen LogP contribution in [0.5, 0.6) is 0 Å². The highest BCUT2D eigenvalue weighted by Gasteiger charge is 2.30. The standard InChI is InChI=1S/C16H24ClFN2/c1-4-16(3)11-20(12(2)7-8-19-16)10-13-5-6-15(18)14(17)9-13/h5-6,9,12,19H,4,7-8,10-11H2,1-3H3. The van der Waals surface area contributed by atoms with E-state index in [2.05, 4.69) is 31.0 Å². The van der Waals surface area contributed by atoms with E-state index in [1.807, 2.05) is 6.07 Å². The lowest BCUT2D eigenvalue weighted by molar-refractivity contribution is 0.163. The molecule has 1 aliphatic heterocycles. The van der Waals surface area contributed by atoms with Crippen LogP contribution in [-0.4, -0.2) is 29.6 Å². The third kappa shape index (κ3) is 3.72. The van der Waals surface area contributed by atoms with Crippen molar-refractivity contribution in [2.24, 2.45) is 0 Å². The Kier molecular flexibility index (Phi) is 5.05. The molecule has 2 rings (SSSR count). The van der Waals surface area contributed by atoms with Crippen molar-refractivity contribution in [1.29, 1.82) is 0 Å². The molecule has 0 amide bonds. The minimum absolute atomic E-state index is 0.147. The van der Waals surface area contributed by atoms with Crippen LogP contribution in [-0.2, 0) is 6.54 Å². The van der Waals surface area contributed by atoms with Crippen LogP contribution >= 0.6 is 11.6 Å². The van der Waals surface area contributed by atoms with Gasteiger partial charge in [0.1, 0.15) is 5.82 Å². The van der Waals surface area contributed by atoms with Crippen LogP contribution in [0.4, 0.5) is 4.39 Å². The van der Waals surface area contributed by atoms with Gasteiger partial charge in [-0.2, -0.15) is 0 Å². The van der Waals surface area contributed by atoms with E-state index in [-0.39, 0.29) is 16.4 Å². The molecule has 1 aromatic carbocycles. The smallest absolute Gasteiger partial charge is 0.141 e. The van der Waals surface area contributed by atoms with Crippen molar-refractivity contribution in [1.82, 2.24) is 10.2 Å². The lowest BCUT2D eigenvalue weighted by Crippen LogP contribution is -2.49. The van der Waals surface area contributed by atoms with Gasteiger partial charge in [-0.05, 0) is 50.9 Å². The Bertz CT molecular complexity index is 466. The molecular formula is C16H24ClFN2. The number of nitrogens with zero attached hydrogens (tertiary/aromatic N) is 1. The lowest BCUT2D eigenvalue weighted by Gasteiger charge is -2.35. The number of hydrogen-bond acceptors (Lipinski definition) is 2. The normalized spacial score (nSPS) is 28.4. The second-order valence-corrected chi connectivity index (χ2v) is 6.54. The highest BCUT2D eigenvalue weighted by Crippen LogP contribution is 2.23. The Morgan fingerprint density at radius 3 is 2.90 bits per heavy atom. The monoisotopic (exact) mass is 298 g/mol. The van der Waals surface area contributed by atoms with Crippen LogP contribution in [0, 0.1) is 5.82 Å². The fraction of sp³-hybridized carbons (Fsp3) is 0.625. The van der Waals surface area contributed by atoms with E-state index in [1.165, 1.54) is 6.07 Å². The minimum atomic E-state index is -0.348. The largest absolute Gasteiger partial charge is 0.310 e. The van der Waals surface area contributed by atoms with Crippen LogP contribution in [0.1, 0.15) is 39.2 Å². The fourth-order valence-corrected chi connectivity index (χ4v) is 2.95. The first-order valence-electron chi connectivity index (χ1n) is 7.36. The second-order valence-electron chi connectivity index (χ2n) is 6.13. The van der Waals surface area contributed by atoms with E-state index in [0.29, 0.717) is 6.04 Å². The third-order valence-corrected chi connectivity index (χ3v) is 4.73. The summed E-state index contributed by atoms with van der Waals surface area (Å²) >= 11 is 5.88. The summed E-state index contributed by atoms with van der Waals surface area (Å²) in [4.78, 5) is 2.47. The van der Waals surface area contributed by atoms with Gasteiger partial charge in [0, 0.05) is 24.7 Å². The van der Waals surface area contributed by atoms with Crippen LogP contribution in [0.15, 0.2) is 18.2 Å². The minimum Gasteiger partial charge on any atom is -0.310 e. The molecule has 2 atom stereocenters. The number of hydrogen-bond donors (Lipinski definition) is 1. The highest BCUT2D eigenvalue weighted by molar-refractivity contribution is 6.30. The first-order chi connectivity index (χ1) is 9.43. The Labute approximate surface area is 126 Å². The second kappa shape index (κ2) is 6.42. The van der Waals surface area contributed by atoms with E-state index < -0.39 is 0 Å². The van der Waals surface area contributed by atoms with E-state index in [4.69, 9.17) is 11.6 Å². The maximum absolute atomic E-state index is 13.2. The zero-order valence-electron chi connectivity index (χ0n) is 12.5. The van der Waals surface area contributed by atoms with Crippen molar-refractivity contribution in [3.8, 4) is 0 Å². The van der Waals surface area contributed by atoms with Crippen LogP contribution in [0.3, 0.4) is 0 Å². The molecule has 4 heteroatoms. The van der Waals surface area contributed by atoms with Gasteiger partial charge in [-0.3, -0.25) is 4.90 Å². The molecule has 1 N–H and O–H groups in total. The zero-order chi connectivity index (χ0) is 14.8. The summed E-state index contributed by atoms with van der Waals surface area (Å²) in [6, 6.07) is 5.54. The van der Waals surface area contributed by atoms with Crippen LogP contribution in [0.2, 0.25) is 5.02 Å². The number of halogens is 2. The molecule has 1 heterocycles. The molecule has 0 bridgehead atoms. The topological polar surface area (TPSA) is 15.3 Å². The van der Waals surface area contributed by atoms with E-state index in [0.717, 1.165) is 38.0 Å². The van der Waals surface area contributed by atoms with Gasteiger partial charge < -0.3 is 5.32 Å². The fourth-order valence-electron chi connectivity index (χ4n) is 2.75. The van der Waals surface area contributed by atoms with Gasteiger partial charge in [-0.15, -0.1) is 0 Å². The molecule has 20 heavy (non-hydrogen) atoms. The predicted octanol–water partition coefficient (Wildman–Crippen LogP) is 3.83. The Morgan fingerprint density at radius 1 is 1.50 bits per heavy atom. The summed E-state index contributed by atoms with van der Waals surface area (Å²) in [5, 5.41) is 3.86. The van der Waals surface area contributed by atoms with Crippen molar-refractivity contribution in [2.45, 2.75) is 51.7 Å². The molecule has 1 saturated heterocycles. The van der Waals surface area contributed by atoms with Crippen molar-refractivity contribution < 1.29 is 4.39 Å². The highest BCUT2D eigenvalue weighted by atomic mass is 35.5. The maximum Gasteiger partial charge on any atom is 0.141 e. The van der Waals surface area contributed by atoms with Gasteiger partial charge in [0.25, 0.3) is 0 Å². The van der Waals surface area contributed by atoms with E-state index in [9.17, 15) is 4.39 Å². The molecule has 1 aliphatic rings. The van der Waals surface area contributed by atoms with Gasteiger partial charge in [0.05, 0.1) is 5.02 Å². The van der Waals surface area contributed by atoms with Gasteiger partial charge in [0.15, 0.2) is 0 Å². The molecule has 2 nitrogen and oxygen atoms in total. The Morgan fingerprint density at radius 2 is 2.25 bits per heavy atom. The molecule has 2 unspecified atom stereocenters. The van der Waals surface area contributed by atoms with Gasteiger partial charge >= 0.3 is 0 Å². The molecule has 0 aliphatic carbocycles. The number of rotatable bonds is 3. The average Bonchev–Trinajstić information content (AvgIpc) is 2.55. The quantitative estimate of drug-likeness (QED) is 0.912. The van der Waals surface area contributed by atoms with Crippen molar-refractivity contribution in [2.75, 3.05) is 13.1 Å². The average molecular weight is 299 g/mol. The molecule has 0 saturated carbocycles. The van der Waals surface area contributed by atoms with Gasteiger partial charge in [0.2, 0.25) is 0 Å². The molecule has 0 aromatic heterocycles. The predicted molar refractivity (Wildman–Crippen MR) is 82.6 cm³/mol. The maximum atomic E-state index is 13.2. The Balaban J connectivity index is 2.14. The molecule has 0 radical (unpaired) electrons. The summed E-state index contributed by atoms with van der Waals surface area (Å²) in [5.41, 5.74) is 1.22. The van der Waals surface area contributed by atoms with Crippen molar-refractivity contribution >= 4 is 11.6 Å². The molecule has 1 aromatic rings. The SMILES string of the molecule is CCC1(C)CN(Cc2ccc(F)c(Cl)c2)C(C)CCN1. The van der Waals surface area contributed by atoms with E-state index in [1.54, 1.807) is 6.07 Å². The Hall–Kier alpha value is -0.640. The molecule has 112 valence electrons. The summed E-state index contributed by atoms with van der Waals surface area (Å²) in [5.74, 6) is -0.348. The van der Waals surface area contributed by atoms with Crippen molar-refractivity contribution in [3.05, 3.63) is 34.6 Å². The molecular weight excluding hydrogens is 275 g/mol. The van der Waals surface area contributed by atoms with Gasteiger partial charge in [-0.1, -0.05) is 24.6 Å². The van der Waals surface area contributed by atoms with Crippen LogP contribution in [0.25, 0.3) is 0 Å². The van der Waals surface area contributed by atoms with Crippen LogP contribution < -0.4 is 5.32 Å². The first kappa shape index (κ1) is 15.7. The summed E-state index contributed by atoms with van der Waals surface area (Å²) in [6.07, 6.45) is 2.23. The first-order valence-corrected chi connectivity index (χ1v) is 7.74. The van der Waals surface area contributed by atoms with E-state index >= 15 is 0 Å². The van der Waals surface area contributed by atoms with Gasteiger partial charge in [-0.25, -0.2) is 4.39 Å². The molecule has 1 fully saturated rings. The zero-order valence-corrected chi connectivity index (χ0v) is 13.3. The summed E-state index contributed by atoms with van der Waals surface area (Å²) < 4.78 is 13.2. The van der Waals surface area contributed by atoms with Crippen molar-refractivity contribution in [3.63, 3.8) is 0 Å². The number of nitrogens with one attached hydrogen (secondary N) is 1. The molecule has 0 spiro atoms. The summed E-state index contributed by atoms with van der Waals surface area (Å²) in [6.45, 7) is 9.62.